The summed E-state index contributed by atoms with van der Waals surface area (Å²) in [5.74, 6) is -0.666. The third-order valence-electron chi connectivity index (χ3n) is 6.43. The van der Waals surface area contributed by atoms with Crippen molar-refractivity contribution >= 4 is 0 Å². The zero-order valence-corrected chi connectivity index (χ0v) is 18.7. The Bertz CT molecular complexity index is 1120. The maximum Gasteiger partial charge on any atom is 0.573 e. The van der Waals surface area contributed by atoms with Crippen LogP contribution in [0.5, 0.6) is 17.2 Å². The third-order valence-corrected chi connectivity index (χ3v) is 6.43. The van der Waals surface area contributed by atoms with E-state index in [4.69, 9.17) is 4.74 Å². The topological polar surface area (TPSA) is 18.5 Å². The van der Waals surface area contributed by atoms with E-state index in [0.29, 0.717) is 5.92 Å². The Hall–Kier alpha value is -3.09. The van der Waals surface area contributed by atoms with Gasteiger partial charge in [0.05, 0.1) is 0 Å². The lowest BCUT2D eigenvalue weighted by molar-refractivity contribution is -0.274. The van der Waals surface area contributed by atoms with Gasteiger partial charge < -0.3 is 9.47 Å². The molecule has 0 unspecified atom stereocenters. The van der Waals surface area contributed by atoms with Gasteiger partial charge in [0.25, 0.3) is 0 Å². The summed E-state index contributed by atoms with van der Waals surface area (Å²) in [6.07, 6.45) is 0.702. The van der Waals surface area contributed by atoms with Gasteiger partial charge >= 0.3 is 6.36 Å². The maximum absolute atomic E-state index is 15.2. The molecule has 0 bridgehead atoms. The first-order chi connectivity index (χ1) is 16.2. The van der Waals surface area contributed by atoms with E-state index in [-0.39, 0.29) is 30.1 Å². The molecule has 0 saturated heterocycles. The molecule has 1 saturated carbocycles. The minimum Gasteiger partial charge on any atom is -0.454 e. The van der Waals surface area contributed by atoms with E-state index in [0.717, 1.165) is 49.3 Å². The summed E-state index contributed by atoms with van der Waals surface area (Å²) in [4.78, 5) is 0. The average molecular weight is 493 g/mol. The van der Waals surface area contributed by atoms with Crippen LogP contribution in [0.1, 0.15) is 57.9 Å². The van der Waals surface area contributed by atoms with Crippen LogP contribution in [0.2, 0.25) is 0 Å². The van der Waals surface area contributed by atoms with Crippen LogP contribution in [0, 0.1) is 17.6 Å². The number of halogens is 5. The summed E-state index contributed by atoms with van der Waals surface area (Å²) in [5.41, 5.74) is 1.11. The molecule has 0 amide bonds. The molecule has 0 heterocycles. The van der Waals surface area contributed by atoms with E-state index in [1.54, 1.807) is 6.07 Å². The van der Waals surface area contributed by atoms with Crippen molar-refractivity contribution in [2.75, 3.05) is 0 Å². The second kappa shape index (κ2) is 11.1. The molecular formula is C28H29F5O2. The summed E-state index contributed by atoms with van der Waals surface area (Å²) in [5, 5.41) is 0. The number of rotatable bonds is 6. The van der Waals surface area contributed by atoms with Gasteiger partial charge in [-0.05, 0) is 79.5 Å². The highest BCUT2D eigenvalue weighted by Crippen LogP contribution is 2.39. The Morgan fingerprint density at radius 3 is 2.09 bits per heavy atom. The lowest BCUT2D eigenvalue weighted by Gasteiger charge is -2.28. The molecule has 1 fully saturated rings. The average Bonchev–Trinajstić information content (AvgIpc) is 2.81. The van der Waals surface area contributed by atoms with Crippen molar-refractivity contribution in [3.63, 3.8) is 0 Å². The Morgan fingerprint density at radius 1 is 0.829 bits per heavy atom. The highest BCUT2D eigenvalue weighted by Gasteiger charge is 2.31. The molecule has 7 heteroatoms. The zero-order chi connectivity index (χ0) is 24.3. The van der Waals surface area contributed by atoms with Crippen molar-refractivity contribution in [1.82, 2.24) is 0 Å². The predicted octanol–water partition coefficient (Wildman–Crippen LogP) is 9.64. The van der Waals surface area contributed by atoms with Crippen molar-refractivity contribution in [1.29, 1.82) is 0 Å². The molecule has 0 atom stereocenters. The smallest absolute Gasteiger partial charge is 0.454 e. The fourth-order valence-electron chi connectivity index (χ4n) is 4.54. The molecular weight excluding hydrogens is 463 g/mol. The van der Waals surface area contributed by atoms with Gasteiger partial charge in [-0.25, -0.2) is 8.78 Å². The first-order valence-corrected chi connectivity index (χ1v) is 11.4. The zero-order valence-electron chi connectivity index (χ0n) is 18.7. The van der Waals surface area contributed by atoms with E-state index >= 15 is 8.78 Å². The SMILES string of the molecule is C.CC[C@H]1CC[C@H](c2ccc(-c3cccc(Oc4ccc(OC(F)(F)F)cc4)c3F)c(F)c2)CC1. The van der Waals surface area contributed by atoms with Gasteiger partial charge in [-0.3, -0.25) is 0 Å². The summed E-state index contributed by atoms with van der Waals surface area (Å²) in [6, 6.07) is 13.9. The van der Waals surface area contributed by atoms with Gasteiger partial charge in [-0.15, -0.1) is 13.2 Å². The number of alkyl halides is 3. The van der Waals surface area contributed by atoms with Crippen LogP contribution in [-0.4, -0.2) is 6.36 Å². The first-order valence-electron chi connectivity index (χ1n) is 11.4. The molecule has 188 valence electrons. The first kappa shape index (κ1) is 26.5. The van der Waals surface area contributed by atoms with Gasteiger partial charge in [0.2, 0.25) is 0 Å². The number of ether oxygens (including phenoxy) is 2. The fourth-order valence-corrected chi connectivity index (χ4v) is 4.54. The Labute approximate surface area is 202 Å². The Morgan fingerprint density at radius 2 is 1.49 bits per heavy atom. The lowest BCUT2D eigenvalue weighted by Crippen LogP contribution is -2.16. The molecule has 0 spiro atoms. The van der Waals surface area contributed by atoms with Crippen molar-refractivity contribution in [2.45, 2.75) is 58.7 Å². The standard InChI is InChI=1S/C27H25F5O2.CH4/c1-2-17-6-8-18(9-7-17)19-10-15-22(24(28)16-19)23-4-3-5-25(26(23)29)33-20-11-13-21(14-12-20)34-27(30,31)32;/h3-5,10-18H,2,6-9H2,1H3;1H4/t17-,18-;. The predicted molar refractivity (Wildman–Crippen MR) is 127 cm³/mol. The Kier molecular flexibility index (Phi) is 8.41. The molecule has 3 aromatic rings. The van der Waals surface area contributed by atoms with Crippen molar-refractivity contribution in [2.24, 2.45) is 5.92 Å². The Balaban J connectivity index is 0.00000342. The van der Waals surface area contributed by atoms with Gasteiger partial charge in [-0.1, -0.05) is 45.0 Å². The second-order valence-electron chi connectivity index (χ2n) is 8.60. The van der Waals surface area contributed by atoms with Crippen LogP contribution in [0.4, 0.5) is 22.0 Å². The maximum atomic E-state index is 15.2. The number of hydrogen-bond donors (Lipinski definition) is 0. The van der Waals surface area contributed by atoms with Crippen LogP contribution >= 0.6 is 0 Å². The molecule has 0 N–H and O–H groups in total. The highest BCUT2D eigenvalue weighted by atomic mass is 19.4. The van der Waals surface area contributed by atoms with Crippen LogP contribution < -0.4 is 9.47 Å². The molecule has 0 aliphatic heterocycles. The van der Waals surface area contributed by atoms with Gasteiger partial charge in [0.1, 0.15) is 17.3 Å². The van der Waals surface area contributed by atoms with E-state index < -0.39 is 23.7 Å². The van der Waals surface area contributed by atoms with Gasteiger partial charge in [0, 0.05) is 11.1 Å². The van der Waals surface area contributed by atoms with E-state index in [9.17, 15) is 13.2 Å². The monoisotopic (exact) mass is 492 g/mol. The fraction of sp³-hybridized carbons (Fsp3) is 0.357. The quantitative estimate of drug-likeness (QED) is 0.319. The third kappa shape index (κ3) is 6.53. The van der Waals surface area contributed by atoms with Crippen molar-refractivity contribution in [3.8, 4) is 28.4 Å². The summed E-state index contributed by atoms with van der Waals surface area (Å²) >= 11 is 0. The molecule has 35 heavy (non-hydrogen) atoms. The minimum absolute atomic E-state index is 0. The summed E-state index contributed by atoms with van der Waals surface area (Å²) in [6.45, 7) is 2.20. The molecule has 4 rings (SSSR count). The van der Waals surface area contributed by atoms with Crippen LogP contribution in [0.15, 0.2) is 60.7 Å². The molecule has 1 aliphatic rings. The second-order valence-corrected chi connectivity index (χ2v) is 8.60. The summed E-state index contributed by atoms with van der Waals surface area (Å²) in [7, 11) is 0. The molecule has 0 aromatic heterocycles. The minimum atomic E-state index is -4.81. The molecule has 0 radical (unpaired) electrons. The molecule has 2 nitrogen and oxygen atoms in total. The van der Waals surface area contributed by atoms with Gasteiger partial charge in [0.15, 0.2) is 11.6 Å². The lowest BCUT2D eigenvalue weighted by atomic mass is 9.77. The highest BCUT2D eigenvalue weighted by molar-refractivity contribution is 5.67. The van der Waals surface area contributed by atoms with Gasteiger partial charge in [-0.2, -0.15) is 0 Å². The molecule has 1 aliphatic carbocycles. The number of hydrogen-bond acceptors (Lipinski definition) is 2. The van der Waals surface area contributed by atoms with Crippen molar-refractivity contribution in [3.05, 3.63) is 77.9 Å². The largest absolute Gasteiger partial charge is 0.573 e. The van der Waals surface area contributed by atoms with E-state index in [2.05, 4.69) is 11.7 Å². The van der Waals surface area contributed by atoms with Crippen LogP contribution in [-0.2, 0) is 0 Å². The van der Waals surface area contributed by atoms with E-state index in [1.807, 2.05) is 6.07 Å². The van der Waals surface area contributed by atoms with Crippen LogP contribution in [0.25, 0.3) is 11.1 Å². The normalized spacial score (nSPS) is 18.0. The summed E-state index contributed by atoms with van der Waals surface area (Å²) < 4.78 is 76.5. The van der Waals surface area contributed by atoms with E-state index in [1.165, 1.54) is 42.8 Å². The number of benzene rings is 3. The van der Waals surface area contributed by atoms with Crippen LogP contribution in [0.3, 0.4) is 0 Å². The molecule has 3 aromatic carbocycles. The van der Waals surface area contributed by atoms with Crippen molar-refractivity contribution < 1.29 is 31.4 Å².